The summed E-state index contributed by atoms with van der Waals surface area (Å²) in [6, 6.07) is 17.0. The second kappa shape index (κ2) is 9.98. The Balaban J connectivity index is 1.85. The highest BCUT2D eigenvalue weighted by Gasteiger charge is 2.26. The number of esters is 1. The first-order valence-electron chi connectivity index (χ1n) is 9.50. The number of methoxy groups -OCH3 is 1. The molecule has 0 aliphatic rings. The summed E-state index contributed by atoms with van der Waals surface area (Å²) in [5.41, 5.74) is 1.86. The lowest BCUT2D eigenvalue weighted by molar-refractivity contribution is 0.0579. The van der Waals surface area contributed by atoms with Crippen LogP contribution in [-0.4, -0.2) is 34.9 Å². The molecule has 0 bridgehead atoms. The van der Waals surface area contributed by atoms with E-state index in [4.69, 9.17) is 4.74 Å². The molecule has 6 heteroatoms. The normalized spacial score (nSPS) is 11.7. The quantitative estimate of drug-likeness (QED) is 0.512. The van der Waals surface area contributed by atoms with Crippen LogP contribution in [0.1, 0.15) is 44.6 Å². The van der Waals surface area contributed by atoms with Gasteiger partial charge in [-0.05, 0) is 37.5 Å². The van der Waals surface area contributed by atoms with E-state index in [1.165, 1.54) is 24.0 Å². The van der Waals surface area contributed by atoms with Crippen molar-refractivity contribution in [2.24, 2.45) is 0 Å². The van der Waals surface area contributed by atoms with Gasteiger partial charge in [-0.2, -0.15) is 0 Å². The van der Waals surface area contributed by atoms with Gasteiger partial charge in [0.15, 0.2) is 0 Å². The largest absolute Gasteiger partial charge is 0.465 e. The Morgan fingerprint density at radius 1 is 1.07 bits per heavy atom. The molecular formula is C23H24N2O3S. The molecule has 29 heavy (non-hydrogen) atoms. The maximum Gasteiger partial charge on any atom is 0.338 e. The number of amides is 1. The van der Waals surface area contributed by atoms with E-state index in [0.29, 0.717) is 12.1 Å². The van der Waals surface area contributed by atoms with Gasteiger partial charge in [-0.15, -0.1) is 11.3 Å². The van der Waals surface area contributed by atoms with E-state index in [9.17, 15) is 9.59 Å². The first-order valence-corrected chi connectivity index (χ1v) is 10.4. The molecule has 0 spiro atoms. The fourth-order valence-electron chi connectivity index (χ4n) is 3.19. The Hall–Kier alpha value is -2.99. The van der Waals surface area contributed by atoms with Gasteiger partial charge >= 0.3 is 5.97 Å². The van der Waals surface area contributed by atoms with E-state index in [1.54, 1.807) is 35.4 Å². The summed E-state index contributed by atoms with van der Waals surface area (Å²) in [6.07, 6.45) is 3.41. The highest BCUT2D eigenvalue weighted by molar-refractivity contribution is 7.09. The van der Waals surface area contributed by atoms with Gasteiger partial charge < -0.3 is 9.64 Å². The van der Waals surface area contributed by atoms with Crippen LogP contribution in [0.15, 0.2) is 66.2 Å². The number of carbonyl (C=O) groups excluding carboxylic acids is 2. The third kappa shape index (κ3) is 5.29. The van der Waals surface area contributed by atoms with Gasteiger partial charge in [-0.25, -0.2) is 9.78 Å². The molecule has 0 saturated heterocycles. The van der Waals surface area contributed by atoms with E-state index in [-0.39, 0.29) is 17.5 Å². The summed E-state index contributed by atoms with van der Waals surface area (Å²) in [4.78, 5) is 31.8. The number of nitrogens with zero attached hydrogens (tertiary/aromatic N) is 2. The zero-order valence-corrected chi connectivity index (χ0v) is 17.4. The average Bonchev–Trinajstić information content (AvgIpc) is 3.29. The Morgan fingerprint density at radius 2 is 1.76 bits per heavy atom. The molecule has 1 amide bonds. The van der Waals surface area contributed by atoms with Crippen LogP contribution in [0.25, 0.3) is 0 Å². The van der Waals surface area contributed by atoms with Crippen molar-refractivity contribution in [2.45, 2.75) is 32.4 Å². The van der Waals surface area contributed by atoms with E-state index in [2.05, 4.69) is 17.1 Å². The number of benzene rings is 2. The number of ether oxygens (including phenoxy) is 1. The maximum absolute atomic E-state index is 13.5. The second-order valence-electron chi connectivity index (χ2n) is 6.77. The van der Waals surface area contributed by atoms with Crippen molar-refractivity contribution >= 4 is 23.2 Å². The molecule has 3 aromatic rings. The number of aryl methyl sites for hydroxylation is 1. The molecule has 3 rings (SSSR count). The van der Waals surface area contributed by atoms with E-state index < -0.39 is 5.97 Å². The number of thiazole rings is 1. The Labute approximate surface area is 175 Å². The Bertz CT molecular complexity index is 942. The lowest BCUT2D eigenvalue weighted by atomic mass is 10.0. The van der Waals surface area contributed by atoms with Crippen LogP contribution in [-0.2, 0) is 17.7 Å². The van der Waals surface area contributed by atoms with Crippen molar-refractivity contribution in [1.82, 2.24) is 9.88 Å². The SMILES string of the molecule is COC(=O)c1ccccc1C(=O)N(Cc1nccs1)[C@H](C)CCc1ccccc1. The molecule has 0 unspecified atom stereocenters. The topological polar surface area (TPSA) is 59.5 Å². The molecule has 0 aliphatic heterocycles. The smallest absolute Gasteiger partial charge is 0.338 e. The third-order valence-corrected chi connectivity index (χ3v) is 5.60. The van der Waals surface area contributed by atoms with Crippen molar-refractivity contribution in [3.8, 4) is 0 Å². The predicted octanol–water partition coefficient (Wildman–Crippen LogP) is 4.59. The molecule has 0 N–H and O–H groups in total. The highest BCUT2D eigenvalue weighted by Crippen LogP contribution is 2.20. The first kappa shape index (κ1) is 20.7. The van der Waals surface area contributed by atoms with Gasteiger partial charge in [0.05, 0.1) is 24.8 Å². The van der Waals surface area contributed by atoms with Gasteiger partial charge in [0.25, 0.3) is 5.91 Å². The van der Waals surface area contributed by atoms with Crippen LogP contribution >= 0.6 is 11.3 Å². The zero-order chi connectivity index (χ0) is 20.6. The van der Waals surface area contributed by atoms with Gasteiger partial charge in [0.2, 0.25) is 0 Å². The van der Waals surface area contributed by atoms with Crippen LogP contribution in [0.4, 0.5) is 0 Å². The van der Waals surface area contributed by atoms with Crippen molar-refractivity contribution in [3.63, 3.8) is 0 Å². The van der Waals surface area contributed by atoms with Gasteiger partial charge in [0, 0.05) is 17.6 Å². The Morgan fingerprint density at radius 3 is 2.41 bits per heavy atom. The molecular weight excluding hydrogens is 384 g/mol. The second-order valence-corrected chi connectivity index (χ2v) is 7.75. The van der Waals surface area contributed by atoms with Crippen molar-refractivity contribution < 1.29 is 14.3 Å². The van der Waals surface area contributed by atoms with Crippen molar-refractivity contribution in [2.75, 3.05) is 7.11 Å². The van der Waals surface area contributed by atoms with Crippen LogP contribution in [0.2, 0.25) is 0 Å². The van der Waals surface area contributed by atoms with Gasteiger partial charge in [-0.1, -0.05) is 42.5 Å². The molecule has 1 aromatic heterocycles. The first-order chi connectivity index (χ1) is 14.1. The number of carbonyl (C=O) groups is 2. The summed E-state index contributed by atoms with van der Waals surface area (Å²) in [5.74, 6) is -0.707. The standard InChI is InChI=1S/C23H24N2O3S/c1-17(12-13-18-8-4-3-5-9-18)25(16-21-24-14-15-29-21)22(26)19-10-6-7-11-20(19)23(27)28-2/h3-11,14-15,17H,12-13,16H2,1-2H3/t17-/m1/s1. The minimum absolute atomic E-state index is 0.0303. The van der Waals surface area contributed by atoms with Crippen molar-refractivity contribution in [1.29, 1.82) is 0 Å². The molecule has 0 aliphatic carbocycles. The number of hydrogen-bond acceptors (Lipinski definition) is 5. The number of rotatable bonds is 8. The summed E-state index contributed by atoms with van der Waals surface area (Å²) in [6.45, 7) is 2.44. The molecule has 150 valence electrons. The van der Waals surface area contributed by atoms with E-state index in [0.717, 1.165) is 17.8 Å². The molecule has 1 heterocycles. The molecule has 0 radical (unpaired) electrons. The van der Waals surface area contributed by atoms with Crippen LogP contribution < -0.4 is 0 Å². The fraction of sp³-hybridized carbons (Fsp3) is 0.261. The van der Waals surface area contributed by atoms with E-state index >= 15 is 0 Å². The molecule has 0 fully saturated rings. The highest BCUT2D eigenvalue weighted by atomic mass is 32.1. The molecule has 1 atom stereocenters. The minimum Gasteiger partial charge on any atom is -0.465 e. The van der Waals surface area contributed by atoms with Crippen LogP contribution in [0.3, 0.4) is 0 Å². The average molecular weight is 409 g/mol. The summed E-state index contributed by atoms with van der Waals surface area (Å²) >= 11 is 1.51. The molecule has 2 aromatic carbocycles. The zero-order valence-electron chi connectivity index (χ0n) is 16.6. The number of aromatic nitrogens is 1. The monoisotopic (exact) mass is 408 g/mol. The molecule has 0 saturated carbocycles. The number of hydrogen-bond donors (Lipinski definition) is 0. The van der Waals surface area contributed by atoms with Crippen LogP contribution in [0, 0.1) is 0 Å². The van der Waals surface area contributed by atoms with Crippen molar-refractivity contribution in [3.05, 3.63) is 87.9 Å². The summed E-state index contributed by atoms with van der Waals surface area (Å²) in [7, 11) is 1.32. The lowest BCUT2D eigenvalue weighted by Crippen LogP contribution is -2.39. The minimum atomic E-state index is -0.514. The third-order valence-electron chi connectivity index (χ3n) is 4.84. The van der Waals surface area contributed by atoms with Gasteiger partial charge in [-0.3, -0.25) is 4.79 Å². The summed E-state index contributed by atoms with van der Waals surface area (Å²) in [5, 5.41) is 2.76. The lowest BCUT2D eigenvalue weighted by Gasteiger charge is -2.29. The summed E-state index contributed by atoms with van der Waals surface area (Å²) < 4.78 is 4.86. The fourth-order valence-corrected chi connectivity index (χ4v) is 3.81. The predicted molar refractivity (Wildman–Crippen MR) is 114 cm³/mol. The van der Waals surface area contributed by atoms with Crippen LogP contribution in [0.5, 0.6) is 0 Å². The van der Waals surface area contributed by atoms with E-state index in [1.807, 2.05) is 30.5 Å². The maximum atomic E-state index is 13.5. The Kier molecular flexibility index (Phi) is 7.14. The molecule has 5 nitrogen and oxygen atoms in total. The van der Waals surface area contributed by atoms with Gasteiger partial charge in [0.1, 0.15) is 5.01 Å².